The summed E-state index contributed by atoms with van der Waals surface area (Å²) < 4.78 is 34.8. The average Bonchev–Trinajstić information content (AvgIpc) is 2.20. The van der Waals surface area contributed by atoms with Crippen LogP contribution in [-0.4, -0.2) is 24.3 Å². The number of cyclic esters (lactones) is 2. The maximum atomic E-state index is 12.8. The first-order valence-electron chi connectivity index (χ1n) is 4.87. The van der Waals surface area contributed by atoms with E-state index in [2.05, 4.69) is 14.8 Å². The fraction of sp³-hybridized carbons (Fsp3) is 0.400. The summed E-state index contributed by atoms with van der Waals surface area (Å²) in [5, 5.41) is 2.51. The molecule has 2 aliphatic rings. The van der Waals surface area contributed by atoms with Gasteiger partial charge in [-0.25, -0.2) is 8.78 Å². The van der Waals surface area contributed by atoms with Gasteiger partial charge >= 0.3 is 18.4 Å². The minimum atomic E-state index is -2.87. The van der Waals surface area contributed by atoms with Crippen molar-refractivity contribution < 1.29 is 27.8 Å². The van der Waals surface area contributed by atoms with Gasteiger partial charge in [0.2, 0.25) is 0 Å². The second kappa shape index (κ2) is 4.15. The van der Waals surface area contributed by atoms with Gasteiger partial charge in [-0.3, -0.25) is 9.59 Å². The van der Waals surface area contributed by atoms with Gasteiger partial charge in [-0.2, -0.15) is 0 Å². The van der Waals surface area contributed by atoms with Crippen LogP contribution in [0.4, 0.5) is 8.78 Å². The highest BCUT2D eigenvalue weighted by molar-refractivity contribution is 5.92. The quantitative estimate of drug-likeness (QED) is 0.576. The molecule has 0 aromatic heterocycles. The van der Waals surface area contributed by atoms with Crippen molar-refractivity contribution in [3.05, 3.63) is 23.9 Å². The van der Waals surface area contributed by atoms with E-state index in [1.54, 1.807) is 0 Å². The maximum Gasteiger partial charge on any atom is 0.329 e. The van der Waals surface area contributed by atoms with Gasteiger partial charge in [0.1, 0.15) is 6.42 Å². The second-order valence-electron chi connectivity index (χ2n) is 3.59. The van der Waals surface area contributed by atoms with E-state index in [-0.39, 0.29) is 0 Å². The predicted molar refractivity (Wildman–Crippen MR) is 50.5 cm³/mol. The van der Waals surface area contributed by atoms with Crippen molar-refractivity contribution in [2.75, 3.05) is 0 Å². The van der Waals surface area contributed by atoms with Gasteiger partial charge in [0.05, 0.1) is 0 Å². The lowest BCUT2D eigenvalue weighted by atomic mass is 10.1. The zero-order chi connectivity index (χ0) is 12.5. The number of esters is 2. The first kappa shape index (κ1) is 11.6. The molecule has 1 N–H and O–H groups in total. The minimum absolute atomic E-state index is 0.309. The zero-order valence-electron chi connectivity index (χ0n) is 8.61. The number of halogens is 2. The number of hydrogen-bond donors (Lipinski definition) is 1. The average molecular weight is 245 g/mol. The Bertz CT molecular complexity index is 401. The summed E-state index contributed by atoms with van der Waals surface area (Å²) in [7, 11) is 0. The molecule has 1 fully saturated rings. The van der Waals surface area contributed by atoms with E-state index >= 15 is 0 Å². The van der Waals surface area contributed by atoms with Crippen LogP contribution in [0.5, 0.6) is 0 Å². The third kappa shape index (κ3) is 3.02. The van der Waals surface area contributed by atoms with Crippen LogP contribution in [0.2, 0.25) is 0 Å². The van der Waals surface area contributed by atoms with Gasteiger partial charge in [-0.05, 0) is 12.2 Å². The Kier molecular flexibility index (Phi) is 2.83. The van der Waals surface area contributed by atoms with Crippen molar-refractivity contribution in [1.29, 1.82) is 0 Å². The Morgan fingerprint density at radius 3 is 2.47 bits per heavy atom. The smallest absolute Gasteiger partial charge is 0.329 e. The molecule has 1 saturated heterocycles. The fourth-order valence-corrected chi connectivity index (χ4v) is 1.36. The van der Waals surface area contributed by atoms with Crippen LogP contribution < -0.4 is 5.32 Å². The lowest BCUT2D eigenvalue weighted by Gasteiger charge is -2.25. The van der Waals surface area contributed by atoms with Crippen molar-refractivity contribution in [3.63, 3.8) is 0 Å². The molecule has 7 heteroatoms. The lowest BCUT2D eigenvalue weighted by molar-refractivity contribution is -0.207. The van der Waals surface area contributed by atoms with Crippen LogP contribution in [0.1, 0.15) is 12.8 Å². The molecule has 0 aromatic rings. The summed E-state index contributed by atoms with van der Waals surface area (Å²) in [6.45, 7) is 0. The molecule has 17 heavy (non-hydrogen) atoms. The number of ether oxygens (including phenoxy) is 2. The van der Waals surface area contributed by atoms with Crippen molar-refractivity contribution in [2.45, 2.75) is 25.2 Å². The van der Waals surface area contributed by atoms with E-state index in [1.807, 2.05) is 0 Å². The number of hydrogen-bond acceptors (Lipinski definition) is 5. The molecule has 0 bridgehead atoms. The molecule has 5 nitrogen and oxygen atoms in total. The van der Waals surface area contributed by atoms with E-state index in [0.717, 1.165) is 12.2 Å². The topological polar surface area (TPSA) is 64.6 Å². The first-order valence-corrected chi connectivity index (χ1v) is 4.87. The number of rotatable bonds is 2. The third-order valence-electron chi connectivity index (χ3n) is 2.15. The molecular formula is C10H9F2NO4. The minimum Gasteiger partial charge on any atom is -0.406 e. The van der Waals surface area contributed by atoms with Gasteiger partial charge in [0, 0.05) is 12.1 Å². The molecule has 0 radical (unpaired) electrons. The largest absolute Gasteiger partial charge is 0.406 e. The first-order chi connectivity index (χ1) is 7.94. The number of allylic oxidation sites excluding steroid dienone is 3. The summed E-state index contributed by atoms with van der Waals surface area (Å²) in [5.41, 5.74) is 0.309. The van der Waals surface area contributed by atoms with Crippen LogP contribution in [0, 0.1) is 0 Å². The van der Waals surface area contributed by atoms with Crippen molar-refractivity contribution in [2.24, 2.45) is 0 Å². The zero-order valence-corrected chi connectivity index (χ0v) is 8.61. The highest BCUT2D eigenvalue weighted by Gasteiger charge is 2.30. The Labute approximate surface area is 95.1 Å². The monoisotopic (exact) mass is 245 g/mol. The van der Waals surface area contributed by atoms with Crippen LogP contribution in [-0.2, 0) is 19.1 Å². The van der Waals surface area contributed by atoms with Crippen molar-refractivity contribution >= 4 is 11.9 Å². The van der Waals surface area contributed by atoms with Crippen LogP contribution in [0.25, 0.3) is 0 Å². The molecule has 0 unspecified atom stereocenters. The van der Waals surface area contributed by atoms with Gasteiger partial charge < -0.3 is 14.8 Å². The molecule has 1 heterocycles. The predicted octanol–water partition coefficient (Wildman–Crippen LogP) is 0.829. The van der Waals surface area contributed by atoms with Gasteiger partial charge in [-0.15, -0.1) is 0 Å². The standard InChI is InChI=1S/C10H9F2NO4/c11-10(12)3-1-6(2-4-10)13-9-16-7(14)5-8(15)17-9/h1-3,9,13H,4-5H2. The van der Waals surface area contributed by atoms with Crippen LogP contribution in [0.3, 0.4) is 0 Å². The molecule has 92 valence electrons. The van der Waals surface area contributed by atoms with E-state index in [1.165, 1.54) is 6.08 Å². The Morgan fingerprint density at radius 2 is 1.94 bits per heavy atom. The molecular weight excluding hydrogens is 236 g/mol. The summed E-state index contributed by atoms with van der Waals surface area (Å²) >= 11 is 0. The molecule has 0 atom stereocenters. The van der Waals surface area contributed by atoms with Crippen LogP contribution >= 0.6 is 0 Å². The van der Waals surface area contributed by atoms with Gasteiger partial charge in [0.15, 0.2) is 0 Å². The number of carbonyl (C=O) groups is 2. The molecule has 1 aliphatic heterocycles. The van der Waals surface area contributed by atoms with E-state index in [4.69, 9.17) is 0 Å². The fourth-order valence-electron chi connectivity index (χ4n) is 1.36. The SMILES string of the molecule is O=C1CC(=O)OC(NC2=CCC(F)(F)C=C2)O1. The molecule has 0 spiro atoms. The van der Waals surface area contributed by atoms with Crippen LogP contribution in [0.15, 0.2) is 23.9 Å². The Balaban J connectivity index is 1.94. The summed E-state index contributed by atoms with van der Waals surface area (Å²) in [4.78, 5) is 21.8. The lowest BCUT2D eigenvalue weighted by Crippen LogP contribution is -2.42. The molecule has 0 saturated carbocycles. The highest BCUT2D eigenvalue weighted by Crippen LogP contribution is 2.25. The Hall–Kier alpha value is -1.92. The van der Waals surface area contributed by atoms with Gasteiger partial charge in [-0.1, -0.05) is 6.08 Å². The van der Waals surface area contributed by atoms with Crippen molar-refractivity contribution in [1.82, 2.24) is 5.32 Å². The second-order valence-corrected chi connectivity index (χ2v) is 3.59. The number of nitrogens with one attached hydrogen (secondary N) is 1. The van der Waals surface area contributed by atoms with E-state index < -0.39 is 37.1 Å². The third-order valence-corrected chi connectivity index (χ3v) is 2.15. The molecule has 0 amide bonds. The van der Waals surface area contributed by atoms with E-state index in [9.17, 15) is 18.4 Å². The van der Waals surface area contributed by atoms with Crippen molar-refractivity contribution in [3.8, 4) is 0 Å². The number of alkyl halides is 2. The Morgan fingerprint density at radius 1 is 1.29 bits per heavy atom. The summed E-state index contributed by atoms with van der Waals surface area (Å²) in [6, 6.07) is 0. The summed E-state index contributed by atoms with van der Waals surface area (Å²) in [5.74, 6) is -4.31. The summed E-state index contributed by atoms with van der Waals surface area (Å²) in [6.07, 6.45) is 0.940. The van der Waals surface area contributed by atoms with Gasteiger partial charge in [0.25, 0.3) is 5.92 Å². The molecule has 0 aromatic carbocycles. The highest BCUT2D eigenvalue weighted by atomic mass is 19.3. The molecule has 1 aliphatic carbocycles. The molecule has 2 rings (SSSR count). The normalized spacial score (nSPS) is 23.8. The van der Waals surface area contributed by atoms with E-state index in [0.29, 0.717) is 5.70 Å². The maximum absolute atomic E-state index is 12.8. The number of carbonyl (C=O) groups excluding carboxylic acids is 2.